The number of hydrogen-bond donors (Lipinski definition) is 1. The molecule has 126 valence electrons. The van der Waals surface area contributed by atoms with E-state index in [2.05, 4.69) is 9.88 Å². The molecule has 1 unspecified atom stereocenters. The zero-order chi connectivity index (χ0) is 16.9. The second kappa shape index (κ2) is 7.57. The van der Waals surface area contributed by atoms with Crippen LogP contribution in [0, 0.1) is 0 Å². The number of likely N-dealkylation sites (N-methyl/N-ethyl adjacent to an activating group) is 2. The van der Waals surface area contributed by atoms with E-state index in [9.17, 15) is 9.90 Å². The first-order valence-electron chi connectivity index (χ1n) is 7.84. The van der Waals surface area contributed by atoms with E-state index >= 15 is 0 Å². The molecule has 1 atom stereocenters. The molecule has 23 heavy (non-hydrogen) atoms. The summed E-state index contributed by atoms with van der Waals surface area (Å²) in [5, 5.41) is 10.8. The quantitative estimate of drug-likeness (QED) is 0.778. The Hall–Kier alpha value is -1.92. The number of aromatic nitrogens is 1. The monoisotopic (exact) mass is 318 g/mol. The van der Waals surface area contributed by atoms with Crippen LogP contribution in [-0.2, 0) is 4.79 Å². The maximum atomic E-state index is 12.1. The van der Waals surface area contributed by atoms with Crippen LogP contribution in [-0.4, -0.2) is 78.7 Å². The van der Waals surface area contributed by atoms with E-state index in [1.165, 1.54) is 0 Å². The molecule has 0 saturated carbocycles. The summed E-state index contributed by atoms with van der Waals surface area (Å²) < 4.78 is 0. The van der Waals surface area contributed by atoms with Gasteiger partial charge in [0.15, 0.2) is 0 Å². The molecule has 1 aliphatic heterocycles. The number of aliphatic hydroxyl groups is 1. The highest BCUT2D eigenvalue weighted by molar-refractivity contribution is 5.87. The van der Waals surface area contributed by atoms with Gasteiger partial charge < -0.3 is 19.8 Å². The maximum absolute atomic E-state index is 12.1. The molecule has 0 aliphatic carbocycles. The van der Waals surface area contributed by atoms with Gasteiger partial charge in [0.2, 0.25) is 5.91 Å². The van der Waals surface area contributed by atoms with Crippen molar-refractivity contribution in [3.63, 3.8) is 0 Å². The summed E-state index contributed by atoms with van der Waals surface area (Å²) in [6.45, 7) is 2.27. The number of amides is 1. The second-order valence-electron chi connectivity index (χ2n) is 6.44. The van der Waals surface area contributed by atoms with Crippen molar-refractivity contribution in [3.05, 3.63) is 36.5 Å². The van der Waals surface area contributed by atoms with Crippen LogP contribution in [0.5, 0.6) is 0 Å². The lowest BCUT2D eigenvalue weighted by atomic mass is 10.0. The molecule has 0 bridgehead atoms. The largest absolute Gasteiger partial charge is 0.386 e. The normalized spacial score (nSPS) is 21.3. The van der Waals surface area contributed by atoms with E-state index < -0.39 is 5.60 Å². The summed E-state index contributed by atoms with van der Waals surface area (Å²) >= 11 is 0. The standard InChI is InChI=1S/C17H26N4O2/c1-19(2)11-6-8-16(22)20(3)13-17(23)9-12-21(14-17)15-7-4-5-10-18-15/h4-8,10,23H,9,11-14H2,1-3H3/b8-6+. The first-order valence-corrected chi connectivity index (χ1v) is 7.84. The molecule has 0 radical (unpaired) electrons. The number of nitrogens with zero attached hydrogens (tertiary/aromatic N) is 4. The van der Waals surface area contributed by atoms with Gasteiger partial charge in [0.1, 0.15) is 11.4 Å². The lowest BCUT2D eigenvalue weighted by Gasteiger charge is -2.28. The summed E-state index contributed by atoms with van der Waals surface area (Å²) in [6.07, 6.45) is 5.77. The number of hydrogen-bond acceptors (Lipinski definition) is 5. The van der Waals surface area contributed by atoms with Crippen molar-refractivity contribution < 1.29 is 9.90 Å². The number of pyridine rings is 1. The van der Waals surface area contributed by atoms with Gasteiger partial charge in [-0.25, -0.2) is 4.98 Å². The van der Waals surface area contributed by atoms with Gasteiger partial charge in [-0.1, -0.05) is 12.1 Å². The molecule has 1 saturated heterocycles. The molecule has 2 heterocycles. The van der Waals surface area contributed by atoms with E-state index in [4.69, 9.17) is 0 Å². The van der Waals surface area contributed by atoms with Crippen molar-refractivity contribution >= 4 is 11.7 Å². The molecule has 1 amide bonds. The summed E-state index contributed by atoms with van der Waals surface area (Å²) in [5.41, 5.74) is -0.892. The van der Waals surface area contributed by atoms with Crippen LogP contribution in [0.15, 0.2) is 36.5 Å². The molecule has 1 aliphatic rings. The highest BCUT2D eigenvalue weighted by Gasteiger charge is 2.38. The highest BCUT2D eigenvalue weighted by atomic mass is 16.3. The van der Waals surface area contributed by atoms with E-state index in [0.717, 1.165) is 18.9 Å². The van der Waals surface area contributed by atoms with Crippen LogP contribution in [0.1, 0.15) is 6.42 Å². The van der Waals surface area contributed by atoms with Crippen LogP contribution in [0.3, 0.4) is 0 Å². The number of anilines is 1. The van der Waals surface area contributed by atoms with Crippen molar-refractivity contribution in [1.29, 1.82) is 0 Å². The lowest BCUT2D eigenvalue weighted by molar-refractivity contribution is -0.127. The van der Waals surface area contributed by atoms with Crippen molar-refractivity contribution in [2.75, 3.05) is 52.2 Å². The van der Waals surface area contributed by atoms with Gasteiger partial charge in [-0.05, 0) is 32.6 Å². The fourth-order valence-electron chi connectivity index (χ4n) is 2.73. The Morgan fingerprint density at radius 2 is 2.22 bits per heavy atom. The van der Waals surface area contributed by atoms with E-state index in [1.54, 1.807) is 24.2 Å². The van der Waals surface area contributed by atoms with E-state index in [-0.39, 0.29) is 5.91 Å². The van der Waals surface area contributed by atoms with Crippen LogP contribution >= 0.6 is 0 Å². The van der Waals surface area contributed by atoms with Gasteiger partial charge in [-0.2, -0.15) is 0 Å². The second-order valence-corrected chi connectivity index (χ2v) is 6.44. The molecule has 6 heteroatoms. The minimum absolute atomic E-state index is 0.0865. The van der Waals surface area contributed by atoms with E-state index in [0.29, 0.717) is 19.5 Å². The Balaban J connectivity index is 1.89. The fourth-order valence-corrected chi connectivity index (χ4v) is 2.73. The lowest BCUT2D eigenvalue weighted by Crippen LogP contribution is -2.45. The molecule has 6 nitrogen and oxygen atoms in total. The predicted octanol–water partition coefficient (Wildman–Crippen LogP) is 0.599. The van der Waals surface area contributed by atoms with E-state index in [1.807, 2.05) is 43.3 Å². The predicted molar refractivity (Wildman–Crippen MR) is 91.3 cm³/mol. The molecule has 1 fully saturated rings. The third-order valence-corrected chi connectivity index (χ3v) is 3.94. The first kappa shape index (κ1) is 17.4. The summed E-state index contributed by atoms with van der Waals surface area (Å²) in [7, 11) is 5.63. The van der Waals surface area contributed by atoms with Gasteiger partial charge in [0, 0.05) is 39.0 Å². The highest BCUT2D eigenvalue weighted by Crippen LogP contribution is 2.26. The Labute approximate surface area is 138 Å². The molecule has 1 N–H and O–H groups in total. The van der Waals surface area contributed by atoms with Crippen molar-refractivity contribution in [2.45, 2.75) is 12.0 Å². The van der Waals surface area contributed by atoms with Crippen LogP contribution in [0.25, 0.3) is 0 Å². The van der Waals surface area contributed by atoms with Gasteiger partial charge in [0.25, 0.3) is 0 Å². The van der Waals surface area contributed by atoms with Gasteiger partial charge in [0.05, 0.1) is 6.54 Å². The average Bonchev–Trinajstić information content (AvgIpc) is 2.89. The molecular formula is C17H26N4O2. The summed E-state index contributed by atoms with van der Waals surface area (Å²) in [6, 6.07) is 5.74. The first-order chi connectivity index (χ1) is 10.9. The molecule has 0 spiro atoms. The number of carbonyl (C=O) groups is 1. The van der Waals surface area contributed by atoms with Crippen LogP contribution in [0.4, 0.5) is 5.82 Å². The number of rotatable bonds is 6. The molecule has 1 aromatic rings. The van der Waals surface area contributed by atoms with Crippen molar-refractivity contribution in [1.82, 2.24) is 14.8 Å². The smallest absolute Gasteiger partial charge is 0.246 e. The third-order valence-electron chi connectivity index (χ3n) is 3.94. The van der Waals surface area contributed by atoms with Gasteiger partial charge in [-0.3, -0.25) is 4.79 Å². The zero-order valence-electron chi connectivity index (χ0n) is 14.1. The van der Waals surface area contributed by atoms with Gasteiger partial charge >= 0.3 is 0 Å². The Kier molecular flexibility index (Phi) is 5.74. The summed E-state index contributed by atoms with van der Waals surface area (Å²) in [5.74, 6) is 0.778. The number of β-amino-alcohol motifs (C(OH)–C–C–N with tert-alkyl or cyclic N) is 1. The Morgan fingerprint density at radius 1 is 1.43 bits per heavy atom. The number of carbonyl (C=O) groups excluding carboxylic acids is 1. The molecule has 0 aromatic carbocycles. The van der Waals surface area contributed by atoms with Crippen molar-refractivity contribution in [2.24, 2.45) is 0 Å². The zero-order valence-corrected chi connectivity index (χ0v) is 14.1. The molecule has 1 aromatic heterocycles. The Morgan fingerprint density at radius 3 is 2.87 bits per heavy atom. The Bertz CT molecular complexity index is 547. The maximum Gasteiger partial charge on any atom is 0.246 e. The molecule has 2 rings (SSSR count). The third kappa shape index (κ3) is 5.04. The van der Waals surface area contributed by atoms with Crippen molar-refractivity contribution in [3.8, 4) is 0 Å². The topological polar surface area (TPSA) is 59.9 Å². The SMILES string of the molecule is CN(C)C/C=C/C(=O)N(C)CC1(O)CCN(c2ccccn2)C1. The average molecular weight is 318 g/mol. The fraction of sp³-hybridized carbons (Fsp3) is 0.529. The minimum Gasteiger partial charge on any atom is -0.386 e. The van der Waals surface area contributed by atoms with Gasteiger partial charge in [-0.15, -0.1) is 0 Å². The molecular weight excluding hydrogens is 292 g/mol. The van der Waals surface area contributed by atoms with Crippen LogP contribution < -0.4 is 4.90 Å². The minimum atomic E-state index is -0.892. The van der Waals surface area contributed by atoms with Crippen LogP contribution in [0.2, 0.25) is 0 Å². The summed E-state index contributed by atoms with van der Waals surface area (Å²) in [4.78, 5) is 22.0.